The Hall–Kier alpha value is -1.71. The second kappa shape index (κ2) is 6.37. The fourth-order valence-electron chi connectivity index (χ4n) is 1.99. The normalized spacial score (nSPS) is 32.7. The first kappa shape index (κ1) is 15.7. The van der Waals surface area contributed by atoms with Crippen molar-refractivity contribution in [3.05, 3.63) is 29.8 Å². The largest absolute Gasteiger partial charge is 0.508 e. The van der Waals surface area contributed by atoms with Crippen LogP contribution in [0.1, 0.15) is 17.3 Å². The first-order valence-electron chi connectivity index (χ1n) is 6.44. The summed E-state index contributed by atoms with van der Waals surface area (Å²) in [6.45, 7) is 1.54. The zero-order valence-electron chi connectivity index (χ0n) is 11.3. The molecule has 1 aromatic carbocycles. The lowest BCUT2D eigenvalue weighted by molar-refractivity contribution is -0.226. The molecule has 0 saturated carbocycles. The number of amides is 1. The van der Waals surface area contributed by atoms with Gasteiger partial charge in [0.2, 0.25) is 0 Å². The van der Waals surface area contributed by atoms with Crippen molar-refractivity contribution in [2.45, 2.75) is 37.6 Å². The summed E-state index contributed by atoms with van der Waals surface area (Å²) in [5.74, 6) is -0.462. The number of aliphatic hydroxyl groups excluding tert-OH is 3. The molecule has 6 N–H and O–H groups in total. The lowest BCUT2D eigenvalue weighted by atomic mass is 9.99. The summed E-state index contributed by atoms with van der Waals surface area (Å²) in [5, 5.41) is 38.1. The number of hydrazine groups is 1. The Bertz CT molecular complexity index is 494. The summed E-state index contributed by atoms with van der Waals surface area (Å²) in [5.41, 5.74) is 5.08. The third kappa shape index (κ3) is 3.49. The van der Waals surface area contributed by atoms with E-state index in [1.807, 2.05) is 0 Å². The number of phenolic OH excluding ortho intramolecular Hbond substituents is 1. The maximum absolute atomic E-state index is 11.8. The van der Waals surface area contributed by atoms with Crippen LogP contribution in [0.2, 0.25) is 0 Å². The zero-order valence-corrected chi connectivity index (χ0v) is 11.3. The predicted molar refractivity (Wildman–Crippen MR) is 71.1 cm³/mol. The van der Waals surface area contributed by atoms with Gasteiger partial charge < -0.3 is 25.2 Å². The highest BCUT2D eigenvalue weighted by Crippen LogP contribution is 2.19. The molecule has 0 bridgehead atoms. The number of benzene rings is 1. The van der Waals surface area contributed by atoms with E-state index >= 15 is 0 Å². The molecule has 8 nitrogen and oxygen atoms in total. The topological polar surface area (TPSA) is 131 Å². The number of carbonyl (C=O) groups is 1. The molecule has 116 valence electrons. The van der Waals surface area contributed by atoms with E-state index in [-0.39, 0.29) is 5.75 Å². The van der Waals surface area contributed by atoms with Gasteiger partial charge in [-0.05, 0) is 31.2 Å². The van der Waals surface area contributed by atoms with Gasteiger partial charge in [0.15, 0.2) is 6.23 Å². The van der Waals surface area contributed by atoms with Crippen LogP contribution in [0.4, 0.5) is 0 Å². The van der Waals surface area contributed by atoms with Gasteiger partial charge in [0.25, 0.3) is 5.91 Å². The number of aliphatic hydroxyl groups is 3. The van der Waals surface area contributed by atoms with Gasteiger partial charge in [0.05, 0.1) is 6.10 Å². The molecule has 1 aromatic rings. The third-order valence-electron chi connectivity index (χ3n) is 3.31. The number of hydrogen-bond acceptors (Lipinski definition) is 7. The van der Waals surface area contributed by atoms with E-state index in [0.717, 1.165) is 0 Å². The Kier molecular flexibility index (Phi) is 4.76. The van der Waals surface area contributed by atoms with E-state index in [9.17, 15) is 20.1 Å². The van der Waals surface area contributed by atoms with Gasteiger partial charge in [0, 0.05) is 5.56 Å². The minimum Gasteiger partial charge on any atom is -0.508 e. The molecule has 8 heteroatoms. The average molecular weight is 298 g/mol. The van der Waals surface area contributed by atoms with Crippen LogP contribution >= 0.6 is 0 Å². The number of nitrogens with one attached hydrogen (secondary N) is 2. The van der Waals surface area contributed by atoms with Crippen molar-refractivity contribution in [1.29, 1.82) is 0 Å². The molecule has 0 aromatic heterocycles. The van der Waals surface area contributed by atoms with Crippen LogP contribution in [0.25, 0.3) is 0 Å². The molecule has 0 aliphatic carbocycles. The summed E-state index contributed by atoms with van der Waals surface area (Å²) in [6, 6.07) is 5.57. The highest BCUT2D eigenvalue weighted by Gasteiger charge is 2.41. The van der Waals surface area contributed by atoms with Gasteiger partial charge in [0.1, 0.15) is 24.1 Å². The summed E-state index contributed by atoms with van der Waals surface area (Å²) in [7, 11) is 0. The van der Waals surface area contributed by atoms with E-state index in [4.69, 9.17) is 9.84 Å². The zero-order chi connectivity index (χ0) is 15.6. The van der Waals surface area contributed by atoms with Crippen LogP contribution in [0.15, 0.2) is 24.3 Å². The summed E-state index contributed by atoms with van der Waals surface area (Å²) < 4.78 is 5.26. The third-order valence-corrected chi connectivity index (χ3v) is 3.31. The van der Waals surface area contributed by atoms with E-state index in [1.54, 1.807) is 0 Å². The predicted octanol–water partition coefficient (Wildman–Crippen LogP) is -1.55. The minimum absolute atomic E-state index is 0.0384. The Morgan fingerprint density at radius 1 is 1.10 bits per heavy atom. The Morgan fingerprint density at radius 3 is 2.33 bits per heavy atom. The molecule has 2 rings (SSSR count). The van der Waals surface area contributed by atoms with E-state index in [1.165, 1.54) is 31.2 Å². The SMILES string of the molecule is C[C@@H]1O[C@H](NNC(=O)c2ccc(O)cc2)[C@H](O)[C@H](O)[C@@H]1O. The lowest BCUT2D eigenvalue weighted by Gasteiger charge is -2.39. The van der Waals surface area contributed by atoms with Crippen molar-refractivity contribution >= 4 is 5.91 Å². The van der Waals surface area contributed by atoms with Gasteiger partial charge in [-0.3, -0.25) is 10.2 Å². The molecule has 1 aliphatic rings. The van der Waals surface area contributed by atoms with Gasteiger partial charge >= 0.3 is 0 Å². The summed E-state index contributed by atoms with van der Waals surface area (Å²) in [4.78, 5) is 11.8. The number of ether oxygens (including phenoxy) is 1. The van der Waals surface area contributed by atoms with Crippen molar-refractivity contribution < 1.29 is 30.0 Å². The number of hydrogen-bond donors (Lipinski definition) is 6. The van der Waals surface area contributed by atoms with Crippen molar-refractivity contribution in [2.75, 3.05) is 0 Å². The van der Waals surface area contributed by atoms with Gasteiger partial charge in [-0.25, -0.2) is 5.43 Å². The van der Waals surface area contributed by atoms with Gasteiger partial charge in [-0.2, -0.15) is 0 Å². The molecule has 1 amide bonds. The first-order chi connectivity index (χ1) is 9.90. The van der Waals surface area contributed by atoms with Crippen molar-refractivity contribution in [3.63, 3.8) is 0 Å². The fraction of sp³-hybridized carbons (Fsp3) is 0.462. The molecule has 0 radical (unpaired) electrons. The molecule has 1 aliphatic heterocycles. The maximum Gasteiger partial charge on any atom is 0.265 e. The molecular weight excluding hydrogens is 280 g/mol. The van der Waals surface area contributed by atoms with Crippen LogP contribution < -0.4 is 10.9 Å². The molecule has 0 unspecified atom stereocenters. The lowest BCUT2D eigenvalue weighted by Crippen LogP contribution is -2.63. The van der Waals surface area contributed by atoms with Gasteiger partial charge in [-0.1, -0.05) is 0 Å². The van der Waals surface area contributed by atoms with Crippen LogP contribution in [0, 0.1) is 0 Å². The minimum atomic E-state index is -1.39. The van der Waals surface area contributed by atoms with E-state index in [0.29, 0.717) is 5.56 Å². The molecule has 21 heavy (non-hydrogen) atoms. The molecule has 1 saturated heterocycles. The average Bonchev–Trinajstić information content (AvgIpc) is 2.48. The van der Waals surface area contributed by atoms with E-state index in [2.05, 4.69) is 10.9 Å². The highest BCUT2D eigenvalue weighted by atomic mass is 16.5. The molecule has 1 heterocycles. The first-order valence-corrected chi connectivity index (χ1v) is 6.44. The van der Waals surface area contributed by atoms with Crippen molar-refractivity contribution in [1.82, 2.24) is 10.9 Å². The van der Waals surface area contributed by atoms with Crippen LogP contribution in [0.5, 0.6) is 5.75 Å². The molecule has 0 spiro atoms. The Labute approximate surface area is 121 Å². The van der Waals surface area contributed by atoms with Crippen LogP contribution in [-0.2, 0) is 4.74 Å². The molecular formula is C13H18N2O6. The number of rotatable bonds is 3. The Balaban J connectivity index is 1.93. The number of carbonyl (C=O) groups excluding carboxylic acids is 1. The molecule has 5 atom stereocenters. The monoisotopic (exact) mass is 298 g/mol. The quantitative estimate of drug-likeness (QED) is 0.373. The van der Waals surface area contributed by atoms with Crippen LogP contribution in [-0.4, -0.2) is 57.0 Å². The highest BCUT2D eigenvalue weighted by molar-refractivity contribution is 5.93. The standard InChI is InChI=1S/C13H18N2O6/c1-6-9(17)10(18)11(19)13(21-6)15-14-12(20)7-2-4-8(16)5-3-7/h2-6,9-11,13,15-19H,1H3,(H,14,20)/t6-,9+,10+,11+,13-/m0/s1. The Morgan fingerprint density at radius 2 is 1.71 bits per heavy atom. The smallest absolute Gasteiger partial charge is 0.265 e. The van der Waals surface area contributed by atoms with Crippen LogP contribution in [0.3, 0.4) is 0 Å². The molecule has 1 fully saturated rings. The summed E-state index contributed by atoms with van der Waals surface area (Å²) in [6.07, 6.45) is -5.73. The van der Waals surface area contributed by atoms with Gasteiger partial charge in [-0.15, -0.1) is 0 Å². The van der Waals surface area contributed by atoms with Crippen molar-refractivity contribution in [3.8, 4) is 5.75 Å². The summed E-state index contributed by atoms with van der Waals surface area (Å²) >= 11 is 0. The second-order valence-corrected chi connectivity index (χ2v) is 4.88. The van der Waals surface area contributed by atoms with E-state index < -0.39 is 36.6 Å². The maximum atomic E-state index is 11.8. The fourth-order valence-corrected chi connectivity index (χ4v) is 1.99. The number of phenols is 1. The van der Waals surface area contributed by atoms with Crippen molar-refractivity contribution in [2.24, 2.45) is 0 Å². The second-order valence-electron chi connectivity index (χ2n) is 4.88. The number of aromatic hydroxyl groups is 1.